The molecule has 0 aliphatic rings. The molecule has 26 heavy (non-hydrogen) atoms. The van der Waals surface area contributed by atoms with Crippen molar-refractivity contribution in [1.82, 2.24) is 9.97 Å². The van der Waals surface area contributed by atoms with Crippen LogP contribution in [0.25, 0.3) is 10.2 Å². The number of carbonyl (C=O) groups is 1. The fourth-order valence-electron chi connectivity index (χ4n) is 2.52. The van der Waals surface area contributed by atoms with E-state index in [9.17, 15) is 9.59 Å². The molecule has 8 heteroatoms. The minimum Gasteiger partial charge on any atom is -0.462 e. The molecule has 0 spiro atoms. The lowest BCUT2D eigenvalue weighted by Gasteiger charge is -2.10. The van der Waals surface area contributed by atoms with Gasteiger partial charge in [0.15, 0.2) is 0 Å². The van der Waals surface area contributed by atoms with Crippen molar-refractivity contribution in [2.75, 3.05) is 6.61 Å². The topological polar surface area (TPSA) is 72.0 Å². The maximum Gasteiger partial charge on any atom is 0.348 e. The van der Waals surface area contributed by atoms with Gasteiger partial charge < -0.3 is 9.72 Å². The van der Waals surface area contributed by atoms with Crippen LogP contribution in [0.2, 0.25) is 5.02 Å². The van der Waals surface area contributed by atoms with Gasteiger partial charge in [-0.2, -0.15) is 0 Å². The van der Waals surface area contributed by atoms with Crippen LogP contribution in [0.1, 0.15) is 40.2 Å². The van der Waals surface area contributed by atoms with Crippen molar-refractivity contribution >= 4 is 50.9 Å². The molecular weight excluding hydrogens is 392 g/mol. The van der Waals surface area contributed by atoms with E-state index in [4.69, 9.17) is 16.3 Å². The standard InChI is InChI=1S/C18H17ClN2O3S2/c1-4-24-18(23)14-9(2)13-16(22)20-15(21-17(13)26-14)10(3)25-12-7-5-11(19)6-8-12/h5-8,10H,4H2,1-3H3,(H,20,21,22). The summed E-state index contributed by atoms with van der Waals surface area (Å²) in [6.45, 7) is 5.75. The molecule has 3 rings (SSSR count). The summed E-state index contributed by atoms with van der Waals surface area (Å²) in [7, 11) is 0. The monoisotopic (exact) mass is 408 g/mol. The summed E-state index contributed by atoms with van der Waals surface area (Å²) >= 11 is 8.67. The minimum atomic E-state index is -0.419. The highest BCUT2D eigenvalue weighted by atomic mass is 35.5. The van der Waals surface area contributed by atoms with Gasteiger partial charge in [0.05, 0.1) is 17.2 Å². The second-order valence-corrected chi connectivity index (χ2v) is 8.47. The third-order valence-corrected chi connectivity index (χ3v) is 6.33. The molecule has 1 N–H and O–H groups in total. The summed E-state index contributed by atoms with van der Waals surface area (Å²) in [4.78, 5) is 34.0. The zero-order valence-electron chi connectivity index (χ0n) is 14.5. The van der Waals surface area contributed by atoms with Gasteiger partial charge in [0.1, 0.15) is 15.5 Å². The number of aryl methyl sites for hydroxylation is 1. The summed E-state index contributed by atoms with van der Waals surface area (Å²) in [6, 6.07) is 7.50. The number of esters is 1. The third-order valence-electron chi connectivity index (χ3n) is 3.79. The van der Waals surface area contributed by atoms with Crippen LogP contribution in [0.4, 0.5) is 0 Å². The number of halogens is 1. The van der Waals surface area contributed by atoms with Crippen LogP contribution in [0.3, 0.4) is 0 Å². The molecule has 0 saturated carbocycles. The number of fused-ring (bicyclic) bond motifs is 1. The number of H-pyrrole nitrogens is 1. The predicted octanol–water partition coefficient (Wildman–Crippen LogP) is 4.98. The number of nitrogens with one attached hydrogen (secondary N) is 1. The number of ether oxygens (including phenoxy) is 1. The van der Waals surface area contributed by atoms with Crippen molar-refractivity contribution in [2.45, 2.75) is 30.9 Å². The molecular formula is C18H17ClN2O3S2. The average Bonchev–Trinajstić information content (AvgIpc) is 2.94. The van der Waals surface area contributed by atoms with E-state index in [1.807, 2.05) is 31.2 Å². The largest absolute Gasteiger partial charge is 0.462 e. The maximum atomic E-state index is 12.5. The molecule has 0 radical (unpaired) electrons. The molecule has 3 aromatic rings. The number of thiophene rings is 1. The number of hydrogen-bond acceptors (Lipinski definition) is 6. The van der Waals surface area contributed by atoms with Gasteiger partial charge in [0.25, 0.3) is 5.56 Å². The highest BCUT2D eigenvalue weighted by Crippen LogP contribution is 2.35. The Morgan fingerprint density at radius 1 is 1.38 bits per heavy atom. The molecule has 2 aromatic heterocycles. The fraction of sp³-hybridized carbons (Fsp3) is 0.278. The first-order valence-corrected chi connectivity index (χ1v) is 10.1. The van der Waals surface area contributed by atoms with E-state index >= 15 is 0 Å². The van der Waals surface area contributed by atoms with Crippen molar-refractivity contribution in [3.8, 4) is 0 Å². The normalized spacial score (nSPS) is 12.3. The Hall–Kier alpha value is -1.83. The maximum absolute atomic E-state index is 12.5. The molecule has 0 aliphatic heterocycles. The molecule has 1 aromatic carbocycles. The summed E-state index contributed by atoms with van der Waals surface area (Å²) in [5.74, 6) is 0.150. The van der Waals surface area contributed by atoms with E-state index in [2.05, 4.69) is 9.97 Å². The predicted molar refractivity (Wildman–Crippen MR) is 107 cm³/mol. The summed E-state index contributed by atoms with van der Waals surface area (Å²) < 4.78 is 5.06. The van der Waals surface area contributed by atoms with Crippen molar-refractivity contribution in [1.29, 1.82) is 0 Å². The average molecular weight is 409 g/mol. The quantitative estimate of drug-likeness (QED) is 0.476. The van der Waals surface area contributed by atoms with Gasteiger partial charge in [-0.15, -0.1) is 23.1 Å². The molecule has 136 valence electrons. The van der Waals surface area contributed by atoms with Crippen LogP contribution < -0.4 is 5.56 Å². The molecule has 0 fully saturated rings. The number of benzene rings is 1. The lowest BCUT2D eigenvalue weighted by molar-refractivity contribution is 0.0531. The zero-order chi connectivity index (χ0) is 18.8. The number of rotatable bonds is 5. The van der Waals surface area contributed by atoms with E-state index in [1.54, 1.807) is 25.6 Å². The summed E-state index contributed by atoms with van der Waals surface area (Å²) in [6.07, 6.45) is 0. The minimum absolute atomic E-state index is 0.0678. The van der Waals surface area contributed by atoms with Crippen LogP contribution in [0.5, 0.6) is 0 Å². The van der Waals surface area contributed by atoms with Crippen molar-refractivity contribution < 1.29 is 9.53 Å². The van der Waals surface area contributed by atoms with Gasteiger partial charge in [-0.1, -0.05) is 11.6 Å². The molecule has 0 amide bonds. The number of aromatic nitrogens is 2. The van der Waals surface area contributed by atoms with Gasteiger partial charge in [-0.3, -0.25) is 4.79 Å². The molecule has 2 heterocycles. The van der Waals surface area contributed by atoms with Gasteiger partial charge in [-0.25, -0.2) is 9.78 Å². The van der Waals surface area contributed by atoms with Gasteiger partial charge >= 0.3 is 5.97 Å². The first-order chi connectivity index (χ1) is 12.4. The Balaban J connectivity index is 1.96. The van der Waals surface area contributed by atoms with E-state index in [0.29, 0.717) is 31.5 Å². The summed E-state index contributed by atoms with van der Waals surface area (Å²) in [5.41, 5.74) is 0.375. The van der Waals surface area contributed by atoms with E-state index in [-0.39, 0.29) is 17.4 Å². The summed E-state index contributed by atoms with van der Waals surface area (Å²) in [5, 5.41) is 1.06. The van der Waals surface area contributed by atoms with Crippen LogP contribution in [0.15, 0.2) is 34.0 Å². The Kier molecular flexibility index (Phi) is 5.70. The number of nitrogens with zero attached hydrogens (tertiary/aromatic N) is 1. The molecule has 0 bridgehead atoms. The Bertz CT molecular complexity index is 1010. The second-order valence-electron chi connectivity index (χ2n) is 5.62. The smallest absolute Gasteiger partial charge is 0.348 e. The van der Waals surface area contributed by atoms with Crippen molar-refractivity contribution in [3.05, 3.63) is 55.9 Å². The Morgan fingerprint density at radius 3 is 2.73 bits per heavy atom. The first-order valence-electron chi connectivity index (χ1n) is 8.03. The van der Waals surface area contributed by atoms with E-state index in [0.717, 1.165) is 4.90 Å². The lowest BCUT2D eigenvalue weighted by atomic mass is 10.2. The number of thioether (sulfide) groups is 1. The first kappa shape index (κ1) is 18.9. The van der Waals surface area contributed by atoms with Gasteiger partial charge in [-0.05, 0) is 50.6 Å². The Labute approximate surface area is 163 Å². The van der Waals surface area contributed by atoms with Crippen molar-refractivity contribution in [2.24, 2.45) is 0 Å². The highest BCUT2D eigenvalue weighted by Gasteiger charge is 2.21. The fourth-order valence-corrected chi connectivity index (χ4v) is 4.65. The van der Waals surface area contributed by atoms with Crippen LogP contribution in [-0.4, -0.2) is 22.5 Å². The molecule has 0 aliphatic carbocycles. The van der Waals surface area contributed by atoms with E-state index in [1.165, 1.54) is 11.3 Å². The highest BCUT2D eigenvalue weighted by molar-refractivity contribution is 7.99. The van der Waals surface area contributed by atoms with Crippen LogP contribution >= 0.6 is 34.7 Å². The zero-order valence-corrected chi connectivity index (χ0v) is 16.8. The molecule has 1 atom stereocenters. The molecule has 5 nitrogen and oxygen atoms in total. The van der Waals surface area contributed by atoms with Crippen LogP contribution in [0, 0.1) is 6.92 Å². The van der Waals surface area contributed by atoms with E-state index < -0.39 is 5.97 Å². The molecule has 1 unspecified atom stereocenters. The molecule has 0 saturated heterocycles. The number of hydrogen-bond donors (Lipinski definition) is 1. The Morgan fingerprint density at radius 2 is 2.08 bits per heavy atom. The lowest BCUT2D eigenvalue weighted by Crippen LogP contribution is -2.12. The third kappa shape index (κ3) is 3.79. The second kappa shape index (κ2) is 7.82. The van der Waals surface area contributed by atoms with Gasteiger partial charge in [0, 0.05) is 9.92 Å². The SMILES string of the molecule is CCOC(=O)c1sc2nc(C(C)Sc3ccc(Cl)cc3)[nH]c(=O)c2c1C. The van der Waals surface area contributed by atoms with Crippen LogP contribution in [-0.2, 0) is 4.74 Å². The number of carbonyl (C=O) groups excluding carboxylic acids is 1. The van der Waals surface area contributed by atoms with Crippen molar-refractivity contribution in [3.63, 3.8) is 0 Å². The number of aromatic amines is 1. The van der Waals surface area contributed by atoms with Gasteiger partial charge in [0.2, 0.25) is 0 Å².